The summed E-state index contributed by atoms with van der Waals surface area (Å²) < 4.78 is 29.6. The van der Waals surface area contributed by atoms with E-state index in [0.29, 0.717) is 12.2 Å². The van der Waals surface area contributed by atoms with Crippen LogP contribution < -0.4 is 9.62 Å². The molecule has 2 amide bonds. The highest BCUT2D eigenvalue weighted by atomic mass is 32.2. The number of sulfonamides is 1. The van der Waals surface area contributed by atoms with Crippen molar-refractivity contribution in [2.75, 3.05) is 17.4 Å². The summed E-state index contributed by atoms with van der Waals surface area (Å²) in [7, 11) is -4.14. The third-order valence-corrected chi connectivity index (χ3v) is 9.79. The quantitative estimate of drug-likeness (QED) is 0.191. The smallest absolute Gasteiger partial charge is 0.264 e. The van der Waals surface area contributed by atoms with E-state index in [9.17, 15) is 18.0 Å². The molecule has 45 heavy (non-hydrogen) atoms. The lowest BCUT2D eigenvalue weighted by Gasteiger charge is -2.34. The van der Waals surface area contributed by atoms with Crippen LogP contribution in [0.2, 0.25) is 0 Å². The SMILES string of the molecule is Cc1ccccc1CN(C(=O)CN(c1cccc(C)c1C)S(=O)(=O)c1ccccc1)C(Cc1ccccc1)C(=O)NCC(C)C. The van der Waals surface area contributed by atoms with Crippen LogP contribution >= 0.6 is 0 Å². The number of rotatable bonds is 13. The van der Waals surface area contributed by atoms with Gasteiger partial charge >= 0.3 is 0 Å². The Morgan fingerprint density at radius 3 is 2.00 bits per heavy atom. The second kappa shape index (κ2) is 15.0. The number of anilines is 1. The van der Waals surface area contributed by atoms with Crippen molar-refractivity contribution in [2.24, 2.45) is 5.92 Å². The summed E-state index contributed by atoms with van der Waals surface area (Å²) in [5, 5.41) is 3.03. The van der Waals surface area contributed by atoms with Crippen molar-refractivity contribution in [1.82, 2.24) is 10.2 Å². The number of carbonyl (C=O) groups excluding carboxylic acids is 2. The van der Waals surface area contributed by atoms with Gasteiger partial charge in [0.2, 0.25) is 11.8 Å². The second-order valence-corrected chi connectivity index (χ2v) is 13.7. The monoisotopic (exact) mass is 625 g/mol. The first-order valence-corrected chi connectivity index (χ1v) is 16.7. The van der Waals surface area contributed by atoms with Gasteiger partial charge in [-0.2, -0.15) is 0 Å². The van der Waals surface area contributed by atoms with Gasteiger partial charge < -0.3 is 10.2 Å². The van der Waals surface area contributed by atoms with Crippen LogP contribution in [0.3, 0.4) is 0 Å². The highest BCUT2D eigenvalue weighted by Crippen LogP contribution is 2.29. The molecule has 0 aromatic heterocycles. The van der Waals surface area contributed by atoms with Gasteiger partial charge in [-0.1, -0.05) is 98.8 Å². The van der Waals surface area contributed by atoms with Gasteiger partial charge in [-0.05, 0) is 72.7 Å². The lowest BCUT2D eigenvalue weighted by molar-refractivity contribution is -0.140. The van der Waals surface area contributed by atoms with Crippen molar-refractivity contribution in [3.05, 3.63) is 131 Å². The molecule has 0 saturated carbocycles. The third-order valence-electron chi connectivity index (χ3n) is 8.01. The number of aryl methyl sites for hydroxylation is 2. The van der Waals surface area contributed by atoms with Crippen LogP contribution in [0.5, 0.6) is 0 Å². The van der Waals surface area contributed by atoms with Crippen molar-refractivity contribution in [3.8, 4) is 0 Å². The van der Waals surface area contributed by atoms with Gasteiger partial charge in [0.05, 0.1) is 10.6 Å². The van der Waals surface area contributed by atoms with E-state index >= 15 is 0 Å². The summed E-state index contributed by atoms with van der Waals surface area (Å²) >= 11 is 0. The van der Waals surface area contributed by atoms with E-state index in [-0.39, 0.29) is 29.7 Å². The van der Waals surface area contributed by atoms with Gasteiger partial charge in [0.15, 0.2) is 0 Å². The summed E-state index contributed by atoms with van der Waals surface area (Å²) in [5.74, 6) is -0.541. The average molecular weight is 626 g/mol. The molecule has 7 nitrogen and oxygen atoms in total. The summed E-state index contributed by atoms with van der Waals surface area (Å²) in [4.78, 5) is 30.2. The molecule has 0 fully saturated rings. The zero-order valence-electron chi connectivity index (χ0n) is 26.7. The average Bonchev–Trinajstić information content (AvgIpc) is 3.03. The molecular weight excluding hydrogens is 582 g/mol. The van der Waals surface area contributed by atoms with Gasteiger partial charge in [-0.25, -0.2) is 8.42 Å². The van der Waals surface area contributed by atoms with E-state index in [1.807, 2.05) is 95.3 Å². The highest BCUT2D eigenvalue weighted by molar-refractivity contribution is 7.92. The number of nitrogens with zero attached hydrogens (tertiary/aromatic N) is 2. The molecule has 4 aromatic carbocycles. The van der Waals surface area contributed by atoms with Crippen LogP contribution in [-0.4, -0.2) is 44.3 Å². The Morgan fingerprint density at radius 1 is 0.756 bits per heavy atom. The molecule has 4 aromatic rings. The molecule has 8 heteroatoms. The lowest BCUT2D eigenvalue weighted by atomic mass is 10.0. The summed E-state index contributed by atoms with van der Waals surface area (Å²) in [6, 6.07) is 30.0. The molecule has 0 aliphatic carbocycles. The number of benzene rings is 4. The van der Waals surface area contributed by atoms with Crippen LogP contribution in [-0.2, 0) is 32.6 Å². The van der Waals surface area contributed by atoms with E-state index in [1.165, 1.54) is 16.4 Å². The van der Waals surface area contributed by atoms with E-state index in [4.69, 9.17) is 0 Å². The predicted molar refractivity (Wildman–Crippen MR) is 180 cm³/mol. The number of carbonyl (C=O) groups is 2. The third kappa shape index (κ3) is 8.39. The first-order chi connectivity index (χ1) is 21.5. The molecule has 0 aliphatic rings. The second-order valence-electron chi connectivity index (χ2n) is 11.8. The Balaban J connectivity index is 1.83. The molecular formula is C37H43N3O4S. The van der Waals surface area contributed by atoms with E-state index in [0.717, 1.165) is 27.8 Å². The molecule has 0 bridgehead atoms. The molecule has 0 saturated heterocycles. The fourth-order valence-electron chi connectivity index (χ4n) is 5.19. The summed E-state index contributed by atoms with van der Waals surface area (Å²) in [5.41, 5.74) is 4.83. The topological polar surface area (TPSA) is 86.8 Å². The Morgan fingerprint density at radius 2 is 1.36 bits per heavy atom. The van der Waals surface area contributed by atoms with Crippen molar-refractivity contribution < 1.29 is 18.0 Å². The molecule has 1 atom stereocenters. The van der Waals surface area contributed by atoms with Crippen molar-refractivity contribution in [1.29, 1.82) is 0 Å². The summed E-state index contributed by atoms with van der Waals surface area (Å²) in [6.45, 7) is 9.87. The van der Waals surface area contributed by atoms with Gasteiger partial charge in [0.25, 0.3) is 10.0 Å². The standard InChI is InChI=1S/C37H43N3O4S/c1-27(2)24-38-37(42)35(23-31-17-8-6-9-18-31)39(25-32-19-13-12-15-29(32)4)36(41)26-40(34-22-14-16-28(3)30(34)5)45(43,44)33-20-10-7-11-21-33/h6-22,27,35H,23-26H2,1-5H3,(H,38,42). The lowest BCUT2D eigenvalue weighted by Crippen LogP contribution is -2.54. The van der Waals surface area contributed by atoms with E-state index in [2.05, 4.69) is 5.32 Å². The maximum Gasteiger partial charge on any atom is 0.264 e. The van der Waals surface area contributed by atoms with Gasteiger partial charge in [-0.3, -0.25) is 13.9 Å². The van der Waals surface area contributed by atoms with Crippen LogP contribution in [0.4, 0.5) is 5.69 Å². The van der Waals surface area contributed by atoms with Gasteiger partial charge in [0, 0.05) is 19.5 Å². The minimum atomic E-state index is -4.14. The molecule has 0 heterocycles. The maximum atomic E-state index is 14.6. The highest BCUT2D eigenvalue weighted by Gasteiger charge is 2.35. The van der Waals surface area contributed by atoms with E-state index in [1.54, 1.807) is 35.2 Å². The zero-order valence-corrected chi connectivity index (χ0v) is 27.6. The largest absolute Gasteiger partial charge is 0.354 e. The fraction of sp³-hybridized carbons (Fsp3) is 0.297. The first kappa shape index (κ1) is 33.5. The Labute approximate surface area is 268 Å². The van der Waals surface area contributed by atoms with Crippen LogP contribution in [0.15, 0.2) is 108 Å². The Kier molecular flexibility index (Phi) is 11.2. The molecule has 236 valence electrons. The molecule has 0 aliphatic heterocycles. The van der Waals surface area contributed by atoms with Crippen LogP contribution in [0.1, 0.15) is 41.7 Å². The minimum Gasteiger partial charge on any atom is -0.354 e. The Bertz CT molecular complexity index is 1710. The van der Waals surface area contributed by atoms with Crippen LogP contribution in [0, 0.1) is 26.7 Å². The van der Waals surface area contributed by atoms with Crippen molar-refractivity contribution in [3.63, 3.8) is 0 Å². The number of nitrogens with one attached hydrogen (secondary N) is 1. The molecule has 0 spiro atoms. The number of hydrogen-bond acceptors (Lipinski definition) is 4. The van der Waals surface area contributed by atoms with Gasteiger partial charge in [-0.15, -0.1) is 0 Å². The van der Waals surface area contributed by atoms with Gasteiger partial charge in [0.1, 0.15) is 12.6 Å². The number of amides is 2. The van der Waals surface area contributed by atoms with E-state index < -0.39 is 28.5 Å². The summed E-state index contributed by atoms with van der Waals surface area (Å²) in [6.07, 6.45) is 0.275. The fourth-order valence-corrected chi connectivity index (χ4v) is 6.68. The zero-order chi connectivity index (χ0) is 32.6. The minimum absolute atomic E-state index is 0.0830. The molecule has 0 radical (unpaired) electrons. The van der Waals surface area contributed by atoms with Crippen molar-refractivity contribution >= 4 is 27.5 Å². The Hall–Kier alpha value is -4.43. The predicted octanol–water partition coefficient (Wildman–Crippen LogP) is 6.22. The maximum absolute atomic E-state index is 14.6. The first-order valence-electron chi connectivity index (χ1n) is 15.3. The molecule has 1 unspecified atom stereocenters. The molecule has 4 rings (SSSR count). The van der Waals surface area contributed by atoms with Crippen molar-refractivity contribution in [2.45, 2.75) is 58.5 Å². The number of hydrogen-bond donors (Lipinski definition) is 1. The normalized spacial score (nSPS) is 12.0. The molecule has 1 N–H and O–H groups in total. The van der Waals surface area contributed by atoms with Crippen LogP contribution in [0.25, 0.3) is 0 Å².